The van der Waals surface area contributed by atoms with Gasteiger partial charge in [0, 0.05) is 0 Å². The lowest BCUT2D eigenvalue weighted by Crippen LogP contribution is -2.19. The summed E-state index contributed by atoms with van der Waals surface area (Å²) < 4.78 is 67.8. The number of ether oxygens (including phenoxy) is 2. The molecule has 0 unspecified atom stereocenters. The number of nitriles is 1. The van der Waals surface area contributed by atoms with Crippen LogP contribution in [0, 0.1) is 11.3 Å². The van der Waals surface area contributed by atoms with Gasteiger partial charge >= 0.3 is 18.9 Å². The van der Waals surface area contributed by atoms with Crippen molar-refractivity contribution in [2.24, 2.45) is 0 Å². The summed E-state index contributed by atoms with van der Waals surface area (Å²) in [6.45, 7) is -3.45. The van der Waals surface area contributed by atoms with E-state index in [2.05, 4.69) is 9.47 Å². The molecule has 0 bridgehead atoms. The lowest BCUT2D eigenvalue weighted by Gasteiger charge is -2.14. The second-order valence-corrected chi connectivity index (χ2v) is 3.19. The van der Waals surface area contributed by atoms with Crippen molar-refractivity contribution < 1.29 is 41.3 Å². The number of rotatable bonds is 4. The van der Waals surface area contributed by atoms with Crippen LogP contribution in [0.2, 0.25) is 0 Å². The summed E-state index contributed by atoms with van der Waals surface area (Å²) in [5.41, 5.74) is -1.80. The van der Waals surface area contributed by atoms with Gasteiger partial charge in [0.1, 0.15) is 17.4 Å². The zero-order chi connectivity index (χ0) is 15.5. The highest BCUT2D eigenvalue weighted by Gasteiger charge is 2.33. The average molecular weight is 297 g/mol. The van der Waals surface area contributed by atoms with Crippen LogP contribution in [-0.4, -0.2) is 24.0 Å². The molecule has 20 heavy (non-hydrogen) atoms. The molecule has 0 spiro atoms. The van der Waals surface area contributed by atoms with E-state index in [1.807, 2.05) is 0 Å². The Labute approximate surface area is 107 Å². The van der Waals surface area contributed by atoms with Crippen LogP contribution in [0.3, 0.4) is 0 Å². The number of hydrogen-bond acceptors (Lipinski definition) is 4. The molecule has 0 aliphatic heterocycles. The normalized spacial score (nSPS) is 11.1. The molecule has 0 saturated heterocycles. The van der Waals surface area contributed by atoms with Crippen LogP contribution in [0.25, 0.3) is 0 Å². The van der Waals surface area contributed by atoms with Gasteiger partial charge in [-0.25, -0.2) is 4.79 Å². The number of aromatic carboxylic acids is 1. The summed E-state index contributed by atoms with van der Waals surface area (Å²) in [7, 11) is 0. The monoisotopic (exact) mass is 297 g/mol. The topological polar surface area (TPSA) is 79.5 Å². The van der Waals surface area contributed by atoms with Gasteiger partial charge in [0.05, 0.1) is 5.56 Å². The number of benzene rings is 1. The van der Waals surface area contributed by atoms with Gasteiger partial charge in [0.2, 0.25) is 0 Å². The summed E-state index contributed by atoms with van der Waals surface area (Å²) in [6, 6.07) is 2.06. The molecule has 0 radical (unpaired) electrons. The Morgan fingerprint density at radius 3 is 2.25 bits per heavy atom. The van der Waals surface area contributed by atoms with Crippen molar-refractivity contribution in [3.05, 3.63) is 23.3 Å². The van der Waals surface area contributed by atoms with Gasteiger partial charge in [0.15, 0.2) is 5.75 Å². The van der Waals surface area contributed by atoms with E-state index >= 15 is 0 Å². The molecule has 0 fully saturated rings. The average Bonchev–Trinajstić information content (AvgIpc) is 2.25. The van der Waals surface area contributed by atoms with Crippen molar-refractivity contribution in [2.75, 3.05) is 0 Å². The molecule has 5 nitrogen and oxygen atoms in total. The fourth-order valence-corrected chi connectivity index (χ4v) is 1.22. The van der Waals surface area contributed by atoms with Crippen LogP contribution in [-0.2, 0) is 0 Å². The van der Waals surface area contributed by atoms with Gasteiger partial charge < -0.3 is 14.6 Å². The summed E-state index contributed by atoms with van der Waals surface area (Å²) >= 11 is 0. The molecule has 0 atom stereocenters. The summed E-state index contributed by atoms with van der Waals surface area (Å²) in [5, 5.41) is 17.3. The van der Waals surface area contributed by atoms with Crippen molar-refractivity contribution >= 4 is 5.97 Å². The second kappa shape index (κ2) is 5.60. The maximum atomic E-state index is 12.1. The minimum absolute atomic E-state index is 0.382. The molecule has 0 saturated carbocycles. The molecule has 0 heterocycles. The van der Waals surface area contributed by atoms with Crippen LogP contribution in [0.4, 0.5) is 22.0 Å². The fourth-order valence-electron chi connectivity index (χ4n) is 1.22. The second-order valence-electron chi connectivity index (χ2n) is 3.19. The molecule has 10 heteroatoms. The van der Waals surface area contributed by atoms with E-state index in [0.717, 1.165) is 0 Å². The Kier molecular flexibility index (Phi) is 4.34. The Morgan fingerprint density at radius 2 is 1.85 bits per heavy atom. The molecule has 0 aliphatic carbocycles. The SMILES string of the molecule is N#Cc1c(OC(F)F)cc(C(=O)O)cc1OC(F)(F)F. The van der Waals surface area contributed by atoms with E-state index in [1.165, 1.54) is 6.07 Å². The third-order valence-electron chi connectivity index (χ3n) is 1.87. The number of carbonyl (C=O) groups is 1. The summed E-state index contributed by atoms with van der Waals surface area (Å²) in [6.07, 6.45) is -5.23. The van der Waals surface area contributed by atoms with Crippen LogP contribution in [0.5, 0.6) is 11.5 Å². The molecule has 0 amide bonds. The van der Waals surface area contributed by atoms with Gasteiger partial charge in [-0.2, -0.15) is 14.0 Å². The Balaban J connectivity index is 3.43. The number of nitrogens with zero attached hydrogens (tertiary/aromatic N) is 1. The van der Waals surface area contributed by atoms with Crippen molar-refractivity contribution in [3.8, 4) is 17.6 Å². The first kappa shape index (κ1) is 15.5. The van der Waals surface area contributed by atoms with Gasteiger partial charge in [-0.05, 0) is 12.1 Å². The Bertz CT molecular complexity index is 564. The minimum atomic E-state index is -5.23. The van der Waals surface area contributed by atoms with Crippen LogP contribution in [0.1, 0.15) is 15.9 Å². The highest BCUT2D eigenvalue weighted by atomic mass is 19.4. The largest absolute Gasteiger partial charge is 0.573 e. The minimum Gasteiger partial charge on any atom is -0.478 e. The molecule has 0 aliphatic rings. The quantitative estimate of drug-likeness (QED) is 0.864. The molecular weight excluding hydrogens is 293 g/mol. The first-order valence-electron chi connectivity index (χ1n) is 4.66. The van der Waals surface area contributed by atoms with Gasteiger partial charge in [-0.1, -0.05) is 0 Å². The van der Waals surface area contributed by atoms with E-state index in [0.29, 0.717) is 12.1 Å². The zero-order valence-electron chi connectivity index (χ0n) is 9.24. The molecular formula is C10H4F5NO4. The molecule has 1 rings (SSSR count). The molecule has 1 N–H and O–H groups in total. The smallest absolute Gasteiger partial charge is 0.478 e. The lowest BCUT2D eigenvalue weighted by atomic mass is 10.1. The van der Waals surface area contributed by atoms with E-state index in [1.54, 1.807) is 0 Å². The van der Waals surface area contributed by atoms with E-state index in [-0.39, 0.29) is 0 Å². The predicted molar refractivity (Wildman–Crippen MR) is 51.4 cm³/mol. The highest BCUT2D eigenvalue weighted by molar-refractivity contribution is 5.89. The third-order valence-corrected chi connectivity index (χ3v) is 1.87. The van der Waals surface area contributed by atoms with E-state index < -0.39 is 41.6 Å². The van der Waals surface area contributed by atoms with Crippen molar-refractivity contribution in [1.82, 2.24) is 0 Å². The maximum absolute atomic E-state index is 12.1. The van der Waals surface area contributed by atoms with Gasteiger partial charge in [0.25, 0.3) is 0 Å². The number of carboxylic acid groups (broad SMARTS) is 1. The molecule has 1 aromatic carbocycles. The molecule has 108 valence electrons. The summed E-state index contributed by atoms with van der Waals surface area (Å²) in [5.74, 6) is -3.97. The van der Waals surface area contributed by atoms with Crippen LogP contribution in [0.15, 0.2) is 12.1 Å². The van der Waals surface area contributed by atoms with Crippen molar-refractivity contribution in [3.63, 3.8) is 0 Å². The first-order chi connectivity index (χ1) is 9.14. The Hall–Kier alpha value is -2.57. The van der Waals surface area contributed by atoms with E-state index in [9.17, 15) is 26.7 Å². The first-order valence-corrected chi connectivity index (χ1v) is 4.66. The van der Waals surface area contributed by atoms with Crippen molar-refractivity contribution in [1.29, 1.82) is 5.26 Å². The van der Waals surface area contributed by atoms with Gasteiger partial charge in [-0.3, -0.25) is 0 Å². The molecule has 0 aromatic heterocycles. The fraction of sp³-hybridized carbons (Fsp3) is 0.200. The Morgan fingerprint density at radius 1 is 1.30 bits per heavy atom. The lowest BCUT2D eigenvalue weighted by molar-refractivity contribution is -0.274. The number of alkyl halides is 5. The van der Waals surface area contributed by atoms with Crippen LogP contribution >= 0.6 is 0 Å². The highest BCUT2D eigenvalue weighted by Crippen LogP contribution is 2.34. The number of halogens is 5. The standard InChI is InChI=1S/C10H4F5NO4/c11-9(12)19-6-1-4(8(17)18)2-7(5(6)3-16)20-10(13,14)15/h1-2,9H,(H,17,18). The van der Waals surface area contributed by atoms with E-state index in [4.69, 9.17) is 10.4 Å². The predicted octanol–water partition coefficient (Wildman–Crippen LogP) is 2.76. The maximum Gasteiger partial charge on any atom is 0.573 e. The van der Waals surface area contributed by atoms with Crippen LogP contribution < -0.4 is 9.47 Å². The summed E-state index contributed by atoms with van der Waals surface area (Å²) in [4.78, 5) is 10.7. The molecule has 1 aromatic rings. The van der Waals surface area contributed by atoms with Crippen molar-refractivity contribution in [2.45, 2.75) is 13.0 Å². The van der Waals surface area contributed by atoms with Gasteiger partial charge in [-0.15, -0.1) is 13.2 Å². The number of hydrogen-bond donors (Lipinski definition) is 1. The zero-order valence-corrected chi connectivity index (χ0v) is 9.24. The number of carboxylic acids is 1. The third kappa shape index (κ3) is 3.98.